The van der Waals surface area contributed by atoms with Crippen molar-refractivity contribution < 1.29 is 14.3 Å². The standard InChI is InChI=1S/C18H29NO3/c1-5-7-10-19-18(20)15-8-9-17(22-6-2)16(11-15)13-21-12-14(3)4/h8-9,11,14H,5-7,10,12-13H2,1-4H3,(H,19,20). The molecule has 0 radical (unpaired) electrons. The molecule has 1 rings (SSSR count). The molecule has 0 aromatic heterocycles. The summed E-state index contributed by atoms with van der Waals surface area (Å²) in [5.41, 5.74) is 1.58. The van der Waals surface area contributed by atoms with Crippen LogP contribution in [0, 0.1) is 5.92 Å². The lowest BCUT2D eigenvalue weighted by Crippen LogP contribution is -2.24. The SMILES string of the molecule is CCCCNC(=O)c1ccc(OCC)c(COCC(C)C)c1. The van der Waals surface area contributed by atoms with Crippen molar-refractivity contribution in [2.45, 2.75) is 47.1 Å². The van der Waals surface area contributed by atoms with E-state index in [2.05, 4.69) is 26.1 Å². The van der Waals surface area contributed by atoms with Crippen LogP contribution >= 0.6 is 0 Å². The molecule has 0 atom stereocenters. The summed E-state index contributed by atoms with van der Waals surface area (Å²) in [5.74, 6) is 1.23. The second kappa shape index (κ2) is 10.2. The number of rotatable bonds is 10. The molecule has 1 N–H and O–H groups in total. The number of carbonyl (C=O) groups is 1. The molecule has 0 aliphatic heterocycles. The molecule has 4 nitrogen and oxygen atoms in total. The van der Waals surface area contributed by atoms with Gasteiger partial charge in [0.15, 0.2) is 0 Å². The summed E-state index contributed by atoms with van der Waals surface area (Å²) in [6.07, 6.45) is 2.06. The molecule has 4 heteroatoms. The minimum atomic E-state index is -0.0402. The van der Waals surface area contributed by atoms with Crippen molar-refractivity contribution in [2.75, 3.05) is 19.8 Å². The Labute approximate surface area is 134 Å². The van der Waals surface area contributed by atoms with Gasteiger partial charge in [0.05, 0.1) is 13.2 Å². The highest BCUT2D eigenvalue weighted by Crippen LogP contribution is 2.21. The van der Waals surface area contributed by atoms with Crippen molar-refractivity contribution in [2.24, 2.45) is 5.92 Å². The van der Waals surface area contributed by atoms with Crippen LogP contribution in [-0.2, 0) is 11.3 Å². The van der Waals surface area contributed by atoms with Gasteiger partial charge in [-0.1, -0.05) is 27.2 Å². The monoisotopic (exact) mass is 307 g/mol. The summed E-state index contributed by atoms with van der Waals surface area (Å²) in [5, 5.41) is 2.93. The van der Waals surface area contributed by atoms with Crippen LogP contribution in [0.15, 0.2) is 18.2 Å². The zero-order valence-corrected chi connectivity index (χ0v) is 14.3. The maximum absolute atomic E-state index is 12.1. The third-order valence-corrected chi connectivity index (χ3v) is 3.15. The molecule has 0 spiro atoms. The molecule has 124 valence electrons. The summed E-state index contributed by atoms with van der Waals surface area (Å²) >= 11 is 0. The van der Waals surface area contributed by atoms with Crippen LogP contribution in [0.1, 0.15) is 56.5 Å². The second-order valence-corrected chi connectivity index (χ2v) is 5.77. The normalized spacial score (nSPS) is 10.8. The topological polar surface area (TPSA) is 47.6 Å². The van der Waals surface area contributed by atoms with Crippen LogP contribution in [0.2, 0.25) is 0 Å². The Balaban J connectivity index is 2.76. The van der Waals surface area contributed by atoms with E-state index in [1.54, 1.807) is 6.07 Å². The number of carbonyl (C=O) groups excluding carboxylic acids is 1. The second-order valence-electron chi connectivity index (χ2n) is 5.77. The van der Waals surface area contributed by atoms with Crippen LogP contribution in [0.3, 0.4) is 0 Å². The zero-order chi connectivity index (χ0) is 16.4. The van der Waals surface area contributed by atoms with Gasteiger partial charge in [-0.3, -0.25) is 4.79 Å². The van der Waals surface area contributed by atoms with Crippen LogP contribution in [0.25, 0.3) is 0 Å². The predicted octanol–water partition coefficient (Wildman–Crippen LogP) is 3.79. The van der Waals surface area contributed by atoms with Crippen molar-refractivity contribution in [3.63, 3.8) is 0 Å². The summed E-state index contributed by atoms with van der Waals surface area (Å²) in [4.78, 5) is 12.1. The number of hydrogen-bond acceptors (Lipinski definition) is 3. The van der Waals surface area contributed by atoms with E-state index in [1.165, 1.54) is 0 Å². The summed E-state index contributed by atoms with van der Waals surface area (Å²) in [6, 6.07) is 5.52. The summed E-state index contributed by atoms with van der Waals surface area (Å²) in [7, 11) is 0. The number of benzene rings is 1. The molecule has 1 amide bonds. The van der Waals surface area contributed by atoms with Gasteiger partial charge in [0, 0.05) is 24.3 Å². The fourth-order valence-corrected chi connectivity index (χ4v) is 2.02. The Kier molecular flexibility index (Phi) is 8.60. The Bertz CT molecular complexity index is 458. The minimum absolute atomic E-state index is 0.0402. The molecule has 0 heterocycles. The van der Waals surface area contributed by atoms with E-state index >= 15 is 0 Å². The van der Waals surface area contributed by atoms with Crippen LogP contribution in [0.4, 0.5) is 0 Å². The first-order valence-corrected chi connectivity index (χ1v) is 8.20. The highest BCUT2D eigenvalue weighted by molar-refractivity contribution is 5.94. The molecule has 0 fully saturated rings. The quantitative estimate of drug-likeness (QED) is 0.669. The maximum Gasteiger partial charge on any atom is 0.251 e. The molecule has 1 aromatic carbocycles. The van der Waals surface area contributed by atoms with Crippen molar-refractivity contribution in [3.05, 3.63) is 29.3 Å². The number of amides is 1. The van der Waals surface area contributed by atoms with Crippen molar-refractivity contribution in [1.29, 1.82) is 0 Å². The smallest absolute Gasteiger partial charge is 0.251 e. The van der Waals surface area contributed by atoms with Crippen LogP contribution in [-0.4, -0.2) is 25.7 Å². The molecule has 0 saturated carbocycles. The lowest BCUT2D eigenvalue weighted by Gasteiger charge is -2.13. The molecular weight excluding hydrogens is 278 g/mol. The van der Waals surface area contributed by atoms with Crippen molar-refractivity contribution in [1.82, 2.24) is 5.32 Å². The Hall–Kier alpha value is -1.55. The van der Waals surface area contributed by atoms with E-state index in [0.29, 0.717) is 37.8 Å². The average molecular weight is 307 g/mol. The van der Waals surface area contributed by atoms with Gasteiger partial charge in [-0.15, -0.1) is 0 Å². The summed E-state index contributed by atoms with van der Waals surface area (Å²) in [6.45, 7) is 10.7. The number of hydrogen-bond donors (Lipinski definition) is 1. The fraction of sp³-hybridized carbons (Fsp3) is 0.611. The van der Waals surface area contributed by atoms with E-state index in [9.17, 15) is 4.79 Å². The highest BCUT2D eigenvalue weighted by atomic mass is 16.5. The van der Waals surface area contributed by atoms with Crippen LogP contribution in [0.5, 0.6) is 5.75 Å². The van der Waals surface area contributed by atoms with Gasteiger partial charge in [0.1, 0.15) is 5.75 Å². The van der Waals surface area contributed by atoms with E-state index in [0.717, 1.165) is 24.2 Å². The van der Waals surface area contributed by atoms with Crippen LogP contribution < -0.4 is 10.1 Å². The number of unbranched alkanes of at least 4 members (excludes halogenated alkanes) is 1. The molecule has 22 heavy (non-hydrogen) atoms. The van der Waals surface area contributed by atoms with E-state index in [1.807, 2.05) is 19.1 Å². The fourth-order valence-electron chi connectivity index (χ4n) is 2.02. The molecular formula is C18H29NO3. The highest BCUT2D eigenvalue weighted by Gasteiger charge is 2.11. The first kappa shape index (κ1) is 18.5. The molecule has 0 saturated heterocycles. The average Bonchev–Trinajstić information content (AvgIpc) is 2.48. The van der Waals surface area contributed by atoms with Gasteiger partial charge in [-0.2, -0.15) is 0 Å². The van der Waals surface area contributed by atoms with E-state index in [-0.39, 0.29) is 5.91 Å². The van der Waals surface area contributed by atoms with E-state index in [4.69, 9.17) is 9.47 Å². The molecule has 0 bridgehead atoms. The minimum Gasteiger partial charge on any atom is -0.494 e. The number of ether oxygens (including phenoxy) is 2. The zero-order valence-electron chi connectivity index (χ0n) is 14.3. The van der Waals surface area contributed by atoms with Gasteiger partial charge in [0.2, 0.25) is 0 Å². The molecule has 0 aliphatic carbocycles. The third kappa shape index (κ3) is 6.48. The van der Waals surface area contributed by atoms with Gasteiger partial charge >= 0.3 is 0 Å². The Morgan fingerprint density at radius 3 is 2.68 bits per heavy atom. The van der Waals surface area contributed by atoms with Gasteiger partial charge in [-0.05, 0) is 37.5 Å². The molecule has 0 unspecified atom stereocenters. The lowest BCUT2D eigenvalue weighted by molar-refractivity contribution is 0.0936. The molecule has 1 aromatic rings. The Morgan fingerprint density at radius 2 is 2.05 bits per heavy atom. The third-order valence-electron chi connectivity index (χ3n) is 3.15. The van der Waals surface area contributed by atoms with Gasteiger partial charge < -0.3 is 14.8 Å². The van der Waals surface area contributed by atoms with Gasteiger partial charge in [0.25, 0.3) is 5.91 Å². The molecule has 0 aliphatic rings. The number of nitrogens with one attached hydrogen (secondary N) is 1. The van der Waals surface area contributed by atoms with E-state index < -0.39 is 0 Å². The first-order chi connectivity index (χ1) is 10.6. The van der Waals surface area contributed by atoms with Gasteiger partial charge in [-0.25, -0.2) is 0 Å². The van der Waals surface area contributed by atoms with Crippen molar-refractivity contribution in [3.8, 4) is 5.75 Å². The lowest BCUT2D eigenvalue weighted by atomic mass is 10.1. The predicted molar refractivity (Wildman–Crippen MR) is 89.3 cm³/mol. The first-order valence-electron chi connectivity index (χ1n) is 8.20. The Morgan fingerprint density at radius 1 is 1.27 bits per heavy atom. The summed E-state index contributed by atoms with van der Waals surface area (Å²) < 4.78 is 11.3. The maximum atomic E-state index is 12.1. The van der Waals surface area contributed by atoms with Crippen molar-refractivity contribution >= 4 is 5.91 Å². The largest absolute Gasteiger partial charge is 0.494 e.